The molecule has 1 heterocycles. The lowest BCUT2D eigenvalue weighted by Crippen LogP contribution is -2.03. The molecule has 0 radical (unpaired) electrons. The number of rotatable bonds is 8. The van der Waals surface area contributed by atoms with Gasteiger partial charge in [0.15, 0.2) is 0 Å². The molecule has 4 heteroatoms. The fraction of sp³-hybridized carbons (Fsp3) is 0.423. The Hall–Kier alpha value is -2.75. The molecule has 1 N–H and O–H groups in total. The lowest BCUT2D eigenvalue weighted by Gasteiger charge is -2.14. The zero-order valence-corrected chi connectivity index (χ0v) is 19.1. The highest BCUT2D eigenvalue weighted by Crippen LogP contribution is 2.29. The van der Waals surface area contributed by atoms with E-state index in [0.717, 1.165) is 57.6 Å². The normalized spacial score (nSPS) is 10.6. The summed E-state index contributed by atoms with van der Waals surface area (Å²) in [5, 5.41) is 10.0. The monoisotopic (exact) mass is 410 g/mol. The maximum absolute atomic E-state index is 10.8. The average Bonchev–Trinajstić information content (AvgIpc) is 3.12. The number of ether oxygens (including phenoxy) is 1. The van der Waals surface area contributed by atoms with Gasteiger partial charge >= 0.3 is 5.97 Å². The number of aryl methyl sites for hydroxylation is 3. The van der Waals surface area contributed by atoms with Gasteiger partial charge in [0.25, 0.3) is 0 Å². The van der Waals surface area contributed by atoms with Crippen LogP contribution in [0.1, 0.15) is 67.2 Å². The second-order valence-corrected chi connectivity index (χ2v) is 7.46. The molecule has 0 bridgehead atoms. The Morgan fingerprint density at radius 3 is 2.40 bits per heavy atom. The summed E-state index contributed by atoms with van der Waals surface area (Å²) in [4.78, 5) is 10.8. The van der Waals surface area contributed by atoms with Crippen molar-refractivity contribution in [2.24, 2.45) is 0 Å². The molecular formula is C26H34O4. The maximum atomic E-state index is 10.8. The number of hydrogen-bond acceptors (Lipinski definition) is 3. The maximum Gasteiger partial charge on any atom is 0.303 e. The van der Waals surface area contributed by atoms with Crippen molar-refractivity contribution in [2.45, 2.75) is 73.8 Å². The second kappa shape index (κ2) is 10.9. The first kappa shape index (κ1) is 23.5. The van der Waals surface area contributed by atoms with Crippen molar-refractivity contribution in [1.82, 2.24) is 0 Å². The van der Waals surface area contributed by atoms with Gasteiger partial charge in [0.05, 0.1) is 0 Å². The van der Waals surface area contributed by atoms with Crippen LogP contribution in [0.25, 0.3) is 11.0 Å². The van der Waals surface area contributed by atoms with Crippen molar-refractivity contribution >= 4 is 16.9 Å². The number of carboxylic acids is 1. The summed E-state index contributed by atoms with van der Waals surface area (Å²) in [6.07, 6.45) is 2.66. The van der Waals surface area contributed by atoms with Crippen molar-refractivity contribution in [3.63, 3.8) is 0 Å². The number of fused-ring (bicyclic) bond motifs is 1. The summed E-state index contributed by atoms with van der Waals surface area (Å²) in [7, 11) is 0. The van der Waals surface area contributed by atoms with E-state index >= 15 is 0 Å². The Labute approximate surface area is 179 Å². The van der Waals surface area contributed by atoms with E-state index in [-0.39, 0.29) is 6.42 Å². The minimum atomic E-state index is -0.776. The number of furan rings is 1. The zero-order valence-electron chi connectivity index (χ0n) is 19.1. The fourth-order valence-corrected chi connectivity index (χ4v) is 3.60. The molecule has 30 heavy (non-hydrogen) atoms. The van der Waals surface area contributed by atoms with E-state index in [9.17, 15) is 4.79 Å². The molecule has 0 aliphatic carbocycles. The van der Waals surface area contributed by atoms with Gasteiger partial charge in [-0.3, -0.25) is 4.79 Å². The standard InChI is InChI=1S/C24H28O4.C2H6/c1-5-6-21-13-19-11-15(2)12-20(24(19)28-21)14-27-22-9-7-18(8-10-23(25)26)16(3)17(22)4;1-2/h7,9,11-13H,5-6,8,10,14H2,1-4H3,(H,25,26);1-2H3. The first-order valence-electron chi connectivity index (χ1n) is 10.8. The van der Waals surface area contributed by atoms with Crippen LogP contribution in [0.15, 0.2) is 34.7 Å². The highest BCUT2D eigenvalue weighted by Gasteiger charge is 2.13. The van der Waals surface area contributed by atoms with E-state index in [4.69, 9.17) is 14.3 Å². The molecule has 0 aliphatic heterocycles. The molecule has 0 unspecified atom stereocenters. The third-order valence-corrected chi connectivity index (χ3v) is 5.23. The summed E-state index contributed by atoms with van der Waals surface area (Å²) >= 11 is 0. The molecule has 0 amide bonds. The Kier molecular flexibility index (Phi) is 8.52. The first-order valence-corrected chi connectivity index (χ1v) is 10.8. The third-order valence-electron chi connectivity index (χ3n) is 5.23. The second-order valence-electron chi connectivity index (χ2n) is 7.46. The average molecular weight is 411 g/mol. The number of carboxylic acid groups (broad SMARTS) is 1. The van der Waals surface area contributed by atoms with Gasteiger partial charge in [-0.15, -0.1) is 0 Å². The molecule has 3 aromatic rings. The third kappa shape index (κ3) is 5.65. The first-order chi connectivity index (χ1) is 14.4. The van der Waals surface area contributed by atoms with Gasteiger partial charge in [-0.1, -0.05) is 26.8 Å². The highest BCUT2D eigenvalue weighted by atomic mass is 16.5. The lowest BCUT2D eigenvalue weighted by molar-refractivity contribution is -0.136. The molecule has 2 aromatic carbocycles. The molecule has 0 aliphatic rings. The Bertz CT molecular complexity index is 998. The van der Waals surface area contributed by atoms with Gasteiger partial charge in [-0.25, -0.2) is 0 Å². The molecule has 0 spiro atoms. The van der Waals surface area contributed by atoms with Gasteiger partial charge in [0, 0.05) is 23.8 Å². The van der Waals surface area contributed by atoms with Crippen molar-refractivity contribution < 1.29 is 19.1 Å². The van der Waals surface area contributed by atoms with Gasteiger partial charge in [-0.2, -0.15) is 0 Å². The van der Waals surface area contributed by atoms with Crippen LogP contribution < -0.4 is 4.74 Å². The quantitative estimate of drug-likeness (QED) is 0.437. The van der Waals surface area contributed by atoms with E-state index in [1.165, 1.54) is 5.56 Å². The Morgan fingerprint density at radius 2 is 1.73 bits per heavy atom. The largest absolute Gasteiger partial charge is 0.488 e. The topological polar surface area (TPSA) is 59.7 Å². The molecule has 1 aromatic heterocycles. The number of aliphatic carboxylic acids is 1. The van der Waals surface area contributed by atoms with Crippen molar-refractivity contribution in [3.05, 3.63) is 63.9 Å². The number of carbonyl (C=O) groups is 1. The zero-order chi connectivity index (χ0) is 22.3. The minimum Gasteiger partial charge on any atom is -0.488 e. The summed E-state index contributed by atoms with van der Waals surface area (Å²) in [5.41, 5.74) is 6.34. The summed E-state index contributed by atoms with van der Waals surface area (Å²) < 4.78 is 12.2. The van der Waals surface area contributed by atoms with Crippen LogP contribution in [0, 0.1) is 20.8 Å². The van der Waals surface area contributed by atoms with Crippen molar-refractivity contribution in [3.8, 4) is 5.75 Å². The van der Waals surface area contributed by atoms with Gasteiger partial charge in [-0.05, 0) is 80.1 Å². The van der Waals surface area contributed by atoms with E-state index in [2.05, 4.69) is 32.0 Å². The van der Waals surface area contributed by atoms with E-state index < -0.39 is 5.97 Å². The van der Waals surface area contributed by atoms with Crippen LogP contribution in [0.4, 0.5) is 0 Å². The van der Waals surface area contributed by atoms with Crippen molar-refractivity contribution in [2.75, 3.05) is 0 Å². The molecule has 162 valence electrons. The Balaban J connectivity index is 0.00000155. The Morgan fingerprint density at radius 1 is 1.00 bits per heavy atom. The summed E-state index contributed by atoms with van der Waals surface area (Å²) in [5.74, 6) is 1.06. The van der Waals surface area contributed by atoms with E-state index in [1.807, 2.05) is 39.8 Å². The van der Waals surface area contributed by atoms with Crippen LogP contribution >= 0.6 is 0 Å². The predicted octanol–water partition coefficient (Wildman–Crippen LogP) is 6.93. The van der Waals surface area contributed by atoms with Crippen LogP contribution in [-0.2, 0) is 24.2 Å². The molecule has 0 saturated carbocycles. The molecule has 0 fully saturated rings. The molecule has 0 atom stereocenters. The van der Waals surface area contributed by atoms with E-state index in [0.29, 0.717) is 13.0 Å². The van der Waals surface area contributed by atoms with Crippen LogP contribution in [0.5, 0.6) is 5.75 Å². The SMILES string of the molecule is CC.CCCc1cc2cc(C)cc(COc3ccc(CCC(=O)O)c(C)c3C)c2o1. The van der Waals surface area contributed by atoms with Gasteiger partial charge in [0.1, 0.15) is 23.7 Å². The summed E-state index contributed by atoms with van der Waals surface area (Å²) in [6.45, 7) is 12.7. The van der Waals surface area contributed by atoms with Crippen LogP contribution in [0.2, 0.25) is 0 Å². The van der Waals surface area contributed by atoms with E-state index in [1.54, 1.807) is 0 Å². The van der Waals surface area contributed by atoms with Gasteiger partial charge in [0.2, 0.25) is 0 Å². The molecule has 3 rings (SSSR count). The van der Waals surface area contributed by atoms with Crippen molar-refractivity contribution in [1.29, 1.82) is 0 Å². The lowest BCUT2D eigenvalue weighted by atomic mass is 9.99. The smallest absolute Gasteiger partial charge is 0.303 e. The van der Waals surface area contributed by atoms with Crippen LogP contribution in [0.3, 0.4) is 0 Å². The number of benzene rings is 2. The highest BCUT2D eigenvalue weighted by molar-refractivity contribution is 5.82. The summed E-state index contributed by atoms with van der Waals surface area (Å²) in [6, 6.07) is 10.3. The minimum absolute atomic E-state index is 0.139. The fourth-order valence-electron chi connectivity index (χ4n) is 3.60. The molecule has 4 nitrogen and oxygen atoms in total. The molecular weight excluding hydrogens is 376 g/mol. The van der Waals surface area contributed by atoms with Crippen LogP contribution in [-0.4, -0.2) is 11.1 Å². The number of hydrogen-bond donors (Lipinski definition) is 1. The predicted molar refractivity (Wildman–Crippen MR) is 122 cm³/mol. The van der Waals surface area contributed by atoms with Gasteiger partial charge < -0.3 is 14.3 Å². The molecule has 0 saturated heterocycles.